The van der Waals surface area contributed by atoms with E-state index in [9.17, 15) is 4.79 Å². The number of aryl methyl sites for hydroxylation is 1. The molecule has 4 rings (SSSR count). The first kappa shape index (κ1) is 17.3. The fourth-order valence-corrected chi connectivity index (χ4v) is 4.22. The van der Waals surface area contributed by atoms with Crippen molar-refractivity contribution < 1.29 is 9.90 Å². The largest absolute Gasteiger partial charge is 0.465 e. The number of amides is 1. The van der Waals surface area contributed by atoms with E-state index in [1.807, 2.05) is 18.3 Å². The van der Waals surface area contributed by atoms with E-state index >= 15 is 0 Å². The van der Waals surface area contributed by atoms with Crippen molar-refractivity contribution in [3.63, 3.8) is 0 Å². The highest BCUT2D eigenvalue weighted by Gasteiger charge is 2.24. The van der Waals surface area contributed by atoms with Crippen molar-refractivity contribution in [1.82, 2.24) is 19.4 Å². The molecule has 1 N–H and O–H groups in total. The summed E-state index contributed by atoms with van der Waals surface area (Å²) in [6, 6.07) is 6.17. The van der Waals surface area contributed by atoms with Gasteiger partial charge in [-0.3, -0.25) is 4.98 Å². The van der Waals surface area contributed by atoms with E-state index in [0.29, 0.717) is 19.0 Å². The summed E-state index contributed by atoms with van der Waals surface area (Å²) in [5.74, 6) is 1.53. The lowest BCUT2D eigenvalue weighted by Gasteiger charge is -2.30. The highest BCUT2D eigenvalue weighted by Crippen LogP contribution is 2.29. The average molecular weight is 417 g/mol. The molecule has 1 saturated heterocycles. The van der Waals surface area contributed by atoms with Crippen molar-refractivity contribution in [2.24, 2.45) is 5.92 Å². The van der Waals surface area contributed by atoms with Crippen LogP contribution in [0.15, 0.2) is 28.9 Å². The SMILES string of the molecule is CCc1nc2cnc3cc(Br)ccc3c2n1CC1CCN(C(=O)O)CC1. The lowest BCUT2D eigenvalue weighted by atomic mass is 9.96. The summed E-state index contributed by atoms with van der Waals surface area (Å²) < 4.78 is 3.34. The molecule has 0 atom stereocenters. The number of hydrogen-bond donors (Lipinski definition) is 1. The van der Waals surface area contributed by atoms with Gasteiger partial charge in [0.1, 0.15) is 11.3 Å². The van der Waals surface area contributed by atoms with E-state index in [2.05, 4.69) is 38.5 Å². The summed E-state index contributed by atoms with van der Waals surface area (Å²) in [6.45, 7) is 4.23. The number of carbonyl (C=O) groups is 1. The zero-order valence-corrected chi connectivity index (χ0v) is 16.2. The third-order valence-electron chi connectivity index (χ3n) is 5.26. The van der Waals surface area contributed by atoms with Crippen molar-refractivity contribution >= 4 is 44.0 Å². The fourth-order valence-electron chi connectivity index (χ4n) is 3.87. The Labute approximate surface area is 160 Å². The number of likely N-dealkylation sites (tertiary alicyclic amines) is 1. The number of fused-ring (bicyclic) bond motifs is 3. The van der Waals surface area contributed by atoms with Gasteiger partial charge in [0.25, 0.3) is 0 Å². The van der Waals surface area contributed by atoms with E-state index in [-0.39, 0.29) is 0 Å². The van der Waals surface area contributed by atoms with Crippen molar-refractivity contribution in [2.75, 3.05) is 13.1 Å². The number of piperidine rings is 1. The molecule has 3 heterocycles. The van der Waals surface area contributed by atoms with Gasteiger partial charge >= 0.3 is 6.09 Å². The van der Waals surface area contributed by atoms with Crippen molar-refractivity contribution in [3.8, 4) is 0 Å². The predicted octanol–water partition coefficient (Wildman–Crippen LogP) is 4.30. The van der Waals surface area contributed by atoms with Gasteiger partial charge in [-0.2, -0.15) is 0 Å². The Morgan fingerprint density at radius 2 is 2.08 bits per heavy atom. The second kappa shape index (κ2) is 6.87. The lowest BCUT2D eigenvalue weighted by Crippen LogP contribution is -2.38. The minimum Gasteiger partial charge on any atom is -0.465 e. The van der Waals surface area contributed by atoms with Gasteiger partial charge in [0.05, 0.1) is 17.2 Å². The van der Waals surface area contributed by atoms with E-state index < -0.39 is 6.09 Å². The van der Waals surface area contributed by atoms with Gasteiger partial charge in [-0.05, 0) is 37.0 Å². The number of carboxylic acid groups (broad SMARTS) is 1. The maximum atomic E-state index is 11.1. The van der Waals surface area contributed by atoms with Crippen LogP contribution in [0.5, 0.6) is 0 Å². The Kier molecular flexibility index (Phi) is 4.56. The molecule has 3 aromatic rings. The Morgan fingerprint density at radius 3 is 2.77 bits per heavy atom. The van der Waals surface area contributed by atoms with Crippen LogP contribution in [0.4, 0.5) is 4.79 Å². The summed E-state index contributed by atoms with van der Waals surface area (Å²) in [7, 11) is 0. The maximum Gasteiger partial charge on any atom is 0.407 e. The number of halogens is 1. The van der Waals surface area contributed by atoms with E-state index in [1.165, 1.54) is 4.90 Å². The lowest BCUT2D eigenvalue weighted by molar-refractivity contribution is 0.121. The molecule has 6 nitrogen and oxygen atoms in total. The molecule has 1 aromatic carbocycles. The van der Waals surface area contributed by atoms with Crippen molar-refractivity contribution in [3.05, 3.63) is 34.7 Å². The van der Waals surface area contributed by atoms with Gasteiger partial charge in [-0.1, -0.05) is 22.9 Å². The monoisotopic (exact) mass is 416 g/mol. The Balaban J connectivity index is 1.72. The number of benzene rings is 1. The second-order valence-electron chi connectivity index (χ2n) is 6.86. The smallest absolute Gasteiger partial charge is 0.407 e. The van der Waals surface area contributed by atoms with E-state index in [0.717, 1.165) is 58.0 Å². The summed E-state index contributed by atoms with van der Waals surface area (Å²) in [4.78, 5) is 22.0. The molecule has 1 fully saturated rings. The number of aromatic nitrogens is 3. The molecule has 0 bridgehead atoms. The Hall–Kier alpha value is -2.15. The molecule has 26 heavy (non-hydrogen) atoms. The minimum absolute atomic E-state index is 0.465. The van der Waals surface area contributed by atoms with Gasteiger partial charge in [0.2, 0.25) is 0 Å². The molecule has 0 radical (unpaired) electrons. The van der Waals surface area contributed by atoms with Gasteiger partial charge in [0, 0.05) is 35.9 Å². The van der Waals surface area contributed by atoms with Crippen molar-refractivity contribution in [1.29, 1.82) is 0 Å². The normalized spacial score (nSPS) is 15.8. The molecule has 0 unspecified atom stereocenters. The highest BCUT2D eigenvalue weighted by atomic mass is 79.9. The van der Waals surface area contributed by atoms with E-state index in [4.69, 9.17) is 10.1 Å². The molecule has 1 aliphatic heterocycles. The first-order valence-electron chi connectivity index (χ1n) is 8.98. The van der Waals surface area contributed by atoms with Gasteiger partial charge in [-0.25, -0.2) is 9.78 Å². The Bertz CT molecular complexity index is 976. The quantitative estimate of drug-likeness (QED) is 0.690. The number of pyridine rings is 1. The first-order valence-corrected chi connectivity index (χ1v) is 9.77. The van der Waals surface area contributed by atoms with Crippen LogP contribution in [0.3, 0.4) is 0 Å². The summed E-state index contributed by atoms with van der Waals surface area (Å²) in [6.07, 6.45) is 3.69. The third-order valence-corrected chi connectivity index (χ3v) is 5.75. The second-order valence-corrected chi connectivity index (χ2v) is 7.77. The van der Waals surface area contributed by atoms with Gasteiger partial charge in [-0.15, -0.1) is 0 Å². The Morgan fingerprint density at radius 1 is 1.31 bits per heavy atom. The predicted molar refractivity (Wildman–Crippen MR) is 104 cm³/mol. The molecule has 136 valence electrons. The topological polar surface area (TPSA) is 71.2 Å². The van der Waals surface area contributed by atoms with Crippen LogP contribution in [-0.2, 0) is 13.0 Å². The van der Waals surface area contributed by atoms with Crippen LogP contribution < -0.4 is 0 Å². The van der Waals surface area contributed by atoms with Gasteiger partial charge in [0.15, 0.2) is 0 Å². The molecular formula is C19H21BrN4O2. The zero-order chi connectivity index (χ0) is 18.3. The molecule has 0 saturated carbocycles. The van der Waals surface area contributed by atoms with E-state index in [1.54, 1.807) is 0 Å². The molecule has 2 aromatic heterocycles. The fraction of sp³-hybridized carbons (Fsp3) is 0.421. The maximum absolute atomic E-state index is 11.1. The van der Waals surface area contributed by atoms with Crippen LogP contribution >= 0.6 is 15.9 Å². The average Bonchev–Trinajstić information content (AvgIpc) is 3.00. The number of rotatable bonds is 3. The number of imidazole rings is 1. The molecule has 1 aliphatic rings. The van der Waals surface area contributed by atoms with Crippen LogP contribution in [0.25, 0.3) is 21.9 Å². The third kappa shape index (κ3) is 3.05. The van der Waals surface area contributed by atoms with Crippen molar-refractivity contribution in [2.45, 2.75) is 32.7 Å². The molecule has 1 amide bonds. The first-order chi connectivity index (χ1) is 12.6. The van der Waals surface area contributed by atoms with Gasteiger partial charge < -0.3 is 14.6 Å². The van der Waals surface area contributed by atoms with Crippen LogP contribution in [0, 0.1) is 5.92 Å². The molecule has 0 aliphatic carbocycles. The molecular weight excluding hydrogens is 396 g/mol. The molecule has 0 spiro atoms. The zero-order valence-electron chi connectivity index (χ0n) is 14.7. The van der Waals surface area contributed by atoms with Crippen LogP contribution in [0.1, 0.15) is 25.6 Å². The van der Waals surface area contributed by atoms with Crippen LogP contribution in [0.2, 0.25) is 0 Å². The standard InChI is InChI=1S/C19H21BrN4O2/c1-2-17-22-16-10-21-15-9-13(20)3-4-14(15)18(16)24(17)11-12-5-7-23(8-6-12)19(25)26/h3-4,9-10,12H,2,5-8,11H2,1H3,(H,25,26). The van der Waals surface area contributed by atoms with Crippen LogP contribution in [-0.4, -0.2) is 43.7 Å². The summed E-state index contributed by atoms with van der Waals surface area (Å²) in [5, 5.41) is 10.3. The number of nitrogens with zero attached hydrogens (tertiary/aromatic N) is 4. The summed E-state index contributed by atoms with van der Waals surface area (Å²) in [5.41, 5.74) is 3.02. The summed E-state index contributed by atoms with van der Waals surface area (Å²) >= 11 is 3.52. The highest BCUT2D eigenvalue weighted by molar-refractivity contribution is 9.10. The minimum atomic E-state index is -0.812. The molecule has 7 heteroatoms. The number of hydrogen-bond acceptors (Lipinski definition) is 3.